The van der Waals surface area contributed by atoms with Crippen LogP contribution in [0.3, 0.4) is 0 Å². The Labute approximate surface area is 174 Å². The molecule has 1 aliphatic rings. The minimum absolute atomic E-state index is 0.00464. The molecule has 6 heteroatoms. The summed E-state index contributed by atoms with van der Waals surface area (Å²) < 4.78 is 32.1. The molecule has 0 radical (unpaired) electrons. The van der Waals surface area contributed by atoms with Gasteiger partial charge in [0.2, 0.25) is 5.91 Å². The summed E-state index contributed by atoms with van der Waals surface area (Å²) in [5.74, 6) is -1.64. The maximum atomic E-state index is 13.4. The van der Waals surface area contributed by atoms with Crippen molar-refractivity contribution in [1.29, 1.82) is 0 Å². The topological polar surface area (TPSA) is 45.5 Å². The van der Waals surface area contributed by atoms with Gasteiger partial charge in [0.25, 0.3) is 0 Å². The predicted octanol–water partition coefficient (Wildman–Crippen LogP) is 4.65. The third kappa shape index (κ3) is 4.54. The summed E-state index contributed by atoms with van der Waals surface area (Å²) in [6.07, 6.45) is 3.64. The highest BCUT2D eigenvalue weighted by Gasteiger charge is 2.22. The molecule has 0 unspecified atom stereocenters. The maximum absolute atomic E-state index is 13.4. The second-order valence-electron chi connectivity index (χ2n) is 8.24. The summed E-state index contributed by atoms with van der Waals surface area (Å²) in [5, 5.41) is 4.13. The van der Waals surface area contributed by atoms with Gasteiger partial charge in [0, 0.05) is 36.6 Å². The van der Waals surface area contributed by atoms with Gasteiger partial charge in [-0.2, -0.15) is 0 Å². The molecule has 0 saturated carbocycles. The van der Waals surface area contributed by atoms with Crippen LogP contribution < -0.4 is 5.32 Å². The number of carbonyl (C=O) groups excluding carboxylic acids is 1. The monoisotopic (exact) mass is 412 g/mol. The van der Waals surface area contributed by atoms with Crippen LogP contribution in [0.15, 0.2) is 41.0 Å². The fraction of sp³-hybridized carbons (Fsp3) is 0.375. The van der Waals surface area contributed by atoms with Crippen LogP contribution in [0.5, 0.6) is 0 Å². The van der Waals surface area contributed by atoms with Crippen LogP contribution in [0.2, 0.25) is 0 Å². The fourth-order valence-corrected chi connectivity index (χ4v) is 4.06. The number of halogens is 2. The summed E-state index contributed by atoms with van der Waals surface area (Å²) in [6.45, 7) is 6.29. The van der Waals surface area contributed by atoms with E-state index in [4.69, 9.17) is 4.42 Å². The number of carbonyl (C=O) groups is 1. The quantitative estimate of drug-likeness (QED) is 0.664. The lowest BCUT2D eigenvalue weighted by Crippen LogP contribution is -2.44. The predicted molar refractivity (Wildman–Crippen MR) is 112 cm³/mol. The van der Waals surface area contributed by atoms with E-state index in [1.807, 2.05) is 13.0 Å². The Morgan fingerprint density at radius 1 is 1.10 bits per heavy atom. The van der Waals surface area contributed by atoms with Crippen LogP contribution in [0.4, 0.5) is 8.78 Å². The molecular weight excluding hydrogens is 386 g/mol. The highest BCUT2D eigenvalue weighted by molar-refractivity contribution is 5.88. The van der Waals surface area contributed by atoms with Crippen LogP contribution in [0.1, 0.15) is 35.1 Å². The van der Waals surface area contributed by atoms with Gasteiger partial charge in [0.15, 0.2) is 11.6 Å². The van der Waals surface area contributed by atoms with Crippen molar-refractivity contribution < 1.29 is 18.0 Å². The van der Waals surface area contributed by atoms with Crippen molar-refractivity contribution in [2.24, 2.45) is 0 Å². The fourth-order valence-electron chi connectivity index (χ4n) is 4.06. The van der Waals surface area contributed by atoms with Crippen molar-refractivity contribution in [3.63, 3.8) is 0 Å². The minimum Gasteiger partial charge on any atom is -0.464 e. The van der Waals surface area contributed by atoms with E-state index >= 15 is 0 Å². The zero-order chi connectivity index (χ0) is 21.3. The number of likely N-dealkylation sites (tertiary alicyclic amines) is 1. The van der Waals surface area contributed by atoms with Gasteiger partial charge in [-0.1, -0.05) is 6.07 Å². The first-order valence-corrected chi connectivity index (χ1v) is 10.3. The normalized spacial score (nSPS) is 15.6. The van der Waals surface area contributed by atoms with E-state index in [0.29, 0.717) is 13.0 Å². The van der Waals surface area contributed by atoms with Gasteiger partial charge in [-0.25, -0.2) is 8.78 Å². The number of fused-ring (bicyclic) bond motifs is 1. The van der Waals surface area contributed by atoms with E-state index in [-0.39, 0.29) is 11.9 Å². The molecule has 3 aromatic rings. The molecule has 2 aromatic carbocycles. The van der Waals surface area contributed by atoms with Crippen molar-refractivity contribution in [3.05, 3.63) is 70.5 Å². The van der Waals surface area contributed by atoms with Gasteiger partial charge >= 0.3 is 0 Å². The van der Waals surface area contributed by atoms with E-state index in [1.54, 1.807) is 12.3 Å². The smallest absolute Gasteiger partial charge is 0.224 e. The third-order valence-electron chi connectivity index (χ3n) is 5.96. The molecule has 1 N–H and O–H groups in total. The van der Waals surface area contributed by atoms with Gasteiger partial charge in [-0.05, 0) is 67.6 Å². The molecule has 4 nitrogen and oxygen atoms in total. The standard InChI is InChI=1S/C24H26F2N2O2/c1-15-9-20-18(14-30-23(20)10-16(15)2)12-24(29)27-19-5-7-28(8-6-19)13-17-3-4-21(25)22(26)11-17/h3-4,9-11,14,19H,5-8,12-13H2,1-2H3,(H,27,29). The highest BCUT2D eigenvalue weighted by atomic mass is 19.2. The largest absolute Gasteiger partial charge is 0.464 e. The number of hydrogen-bond acceptors (Lipinski definition) is 3. The average Bonchev–Trinajstić information content (AvgIpc) is 3.08. The molecule has 1 amide bonds. The van der Waals surface area contributed by atoms with E-state index in [9.17, 15) is 13.6 Å². The Morgan fingerprint density at radius 2 is 1.83 bits per heavy atom. The van der Waals surface area contributed by atoms with Crippen molar-refractivity contribution in [2.75, 3.05) is 13.1 Å². The van der Waals surface area contributed by atoms with Gasteiger partial charge in [0.1, 0.15) is 5.58 Å². The lowest BCUT2D eigenvalue weighted by atomic mass is 10.0. The Hall–Kier alpha value is -2.73. The molecule has 158 valence electrons. The Morgan fingerprint density at radius 3 is 2.57 bits per heavy atom. The number of amides is 1. The summed E-state index contributed by atoms with van der Waals surface area (Å²) in [7, 11) is 0. The third-order valence-corrected chi connectivity index (χ3v) is 5.96. The van der Waals surface area contributed by atoms with Crippen LogP contribution in [-0.2, 0) is 17.8 Å². The Kier molecular flexibility index (Phi) is 5.86. The zero-order valence-electron chi connectivity index (χ0n) is 17.3. The number of benzene rings is 2. The lowest BCUT2D eigenvalue weighted by Gasteiger charge is -2.32. The molecule has 30 heavy (non-hydrogen) atoms. The van der Waals surface area contributed by atoms with Crippen molar-refractivity contribution in [2.45, 2.75) is 45.7 Å². The van der Waals surface area contributed by atoms with Crippen LogP contribution >= 0.6 is 0 Å². The first kappa shape index (κ1) is 20.5. The average molecular weight is 412 g/mol. The Bertz CT molecular complexity index is 1070. The SMILES string of the molecule is Cc1cc2occ(CC(=O)NC3CCN(Cc4ccc(F)c(F)c4)CC3)c2cc1C. The van der Waals surface area contributed by atoms with Gasteiger partial charge < -0.3 is 9.73 Å². The molecule has 0 atom stereocenters. The van der Waals surface area contributed by atoms with Crippen molar-refractivity contribution >= 4 is 16.9 Å². The number of aryl methyl sites for hydroxylation is 2. The summed E-state index contributed by atoms with van der Waals surface area (Å²) in [4.78, 5) is 14.8. The van der Waals surface area contributed by atoms with E-state index in [1.165, 1.54) is 23.3 Å². The van der Waals surface area contributed by atoms with Crippen molar-refractivity contribution in [3.8, 4) is 0 Å². The molecule has 4 rings (SSSR count). The van der Waals surface area contributed by atoms with Crippen LogP contribution in [-0.4, -0.2) is 29.9 Å². The summed E-state index contributed by atoms with van der Waals surface area (Å²) in [6, 6.07) is 8.25. The molecule has 1 aromatic heterocycles. The van der Waals surface area contributed by atoms with E-state index in [2.05, 4.69) is 23.2 Å². The first-order valence-electron chi connectivity index (χ1n) is 10.3. The van der Waals surface area contributed by atoms with Crippen LogP contribution in [0, 0.1) is 25.5 Å². The van der Waals surface area contributed by atoms with Crippen LogP contribution in [0.25, 0.3) is 11.0 Å². The molecule has 0 spiro atoms. The van der Waals surface area contributed by atoms with Gasteiger partial charge in [-0.3, -0.25) is 9.69 Å². The Balaban J connectivity index is 1.29. The number of piperidine rings is 1. The molecule has 0 bridgehead atoms. The second kappa shape index (κ2) is 8.56. The van der Waals surface area contributed by atoms with Gasteiger partial charge in [0.05, 0.1) is 12.7 Å². The number of nitrogens with one attached hydrogen (secondary N) is 1. The van der Waals surface area contributed by atoms with E-state index in [0.717, 1.165) is 48.0 Å². The summed E-state index contributed by atoms with van der Waals surface area (Å²) in [5.41, 5.74) is 4.82. The number of furan rings is 1. The second-order valence-corrected chi connectivity index (χ2v) is 8.24. The number of hydrogen-bond donors (Lipinski definition) is 1. The van der Waals surface area contributed by atoms with Gasteiger partial charge in [-0.15, -0.1) is 0 Å². The maximum Gasteiger partial charge on any atom is 0.224 e. The minimum atomic E-state index is -0.823. The molecular formula is C24H26F2N2O2. The van der Waals surface area contributed by atoms with Crippen molar-refractivity contribution in [1.82, 2.24) is 10.2 Å². The number of rotatable bonds is 5. The molecule has 2 heterocycles. The summed E-state index contributed by atoms with van der Waals surface area (Å²) >= 11 is 0. The lowest BCUT2D eigenvalue weighted by molar-refractivity contribution is -0.121. The molecule has 1 aliphatic heterocycles. The highest BCUT2D eigenvalue weighted by Crippen LogP contribution is 2.25. The molecule has 1 saturated heterocycles. The zero-order valence-corrected chi connectivity index (χ0v) is 17.3. The molecule has 0 aliphatic carbocycles. The number of nitrogens with zero attached hydrogens (tertiary/aromatic N) is 1. The molecule has 1 fully saturated rings. The first-order chi connectivity index (χ1) is 14.4. The van der Waals surface area contributed by atoms with E-state index < -0.39 is 11.6 Å².